The second-order valence-corrected chi connectivity index (χ2v) is 8.60. The third-order valence-electron chi connectivity index (χ3n) is 7.14. The monoisotopic (exact) mass is 301 g/mol. The quantitative estimate of drug-likeness (QED) is 0.795. The van der Waals surface area contributed by atoms with E-state index in [0.717, 1.165) is 19.3 Å². The molecule has 122 valence electrons. The van der Waals surface area contributed by atoms with Crippen LogP contribution in [0, 0.1) is 28.6 Å². The van der Waals surface area contributed by atoms with Gasteiger partial charge in [0, 0.05) is 5.41 Å². The van der Waals surface area contributed by atoms with Crippen molar-refractivity contribution < 1.29 is 4.79 Å². The Kier molecular flexibility index (Phi) is 3.78. The van der Waals surface area contributed by atoms with Crippen molar-refractivity contribution in [3.8, 4) is 0 Å². The Labute approximate surface area is 135 Å². The van der Waals surface area contributed by atoms with Crippen molar-refractivity contribution in [1.82, 2.24) is 0 Å². The largest absolute Gasteiger partial charge is 0.369 e. The lowest BCUT2D eigenvalue weighted by Crippen LogP contribution is -2.54. The number of primary amides is 1. The summed E-state index contributed by atoms with van der Waals surface area (Å²) in [5, 5.41) is 0. The summed E-state index contributed by atoms with van der Waals surface area (Å²) in [6.07, 6.45) is 11.7. The van der Waals surface area contributed by atoms with Gasteiger partial charge in [0.15, 0.2) is 0 Å². The van der Waals surface area contributed by atoms with Crippen molar-refractivity contribution in [1.29, 1.82) is 0 Å². The van der Waals surface area contributed by atoms with Crippen molar-refractivity contribution in [2.24, 2.45) is 34.3 Å². The van der Waals surface area contributed by atoms with E-state index in [9.17, 15) is 4.79 Å². The Morgan fingerprint density at radius 1 is 1.32 bits per heavy atom. The summed E-state index contributed by atoms with van der Waals surface area (Å²) in [6, 6.07) is 0. The first kappa shape index (κ1) is 15.8. The molecule has 0 saturated heterocycles. The first-order valence-corrected chi connectivity index (χ1v) is 8.99. The van der Waals surface area contributed by atoms with Gasteiger partial charge in [-0.05, 0) is 60.8 Å². The van der Waals surface area contributed by atoms with Gasteiger partial charge in [-0.15, -0.1) is 0 Å². The second-order valence-electron chi connectivity index (χ2n) is 8.60. The van der Waals surface area contributed by atoms with Crippen LogP contribution in [0.1, 0.15) is 66.2 Å². The van der Waals surface area contributed by atoms with Crippen molar-refractivity contribution in [3.63, 3.8) is 0 Å². The molecule has 2 nitrogen and oxygen atoms in total. The number of allylic oxidation sites excluding steroid dienone is 4. The average molecular weight is 301 g/mol. The Morgan fingerprint density at radius 2 is 2.05 bits per heavy atom. The summed E-state index contributed by atoms with van der Waals surface area (Å²) in [7, 11) is 0. The van der Waals surface area contributed by atoms with E-state index in [1.807, 2.05) is 0 Å². The zero-order chi connectivity index (χ0) is 16.1. The highest BCUT2D eigenvalue weighted by atomic mass is 16.1. The Hall–Kier alpha value is -1.05. The minimum atomic E-state index is -0.322. The van der Waals surface area contributed by atoms with E-state index >= 15 is 0 Å². The van der Waals surface area contributed by atoms with E-state index in [-0.39, 0.29) is 16.7 Å². The van der Waals surface area contributed by atoms with Crippen molar-refractivity contribution in [2.75, 3.05) is 0 Å². The molecule has 1 amide bonds. The number of amides is 1. The molecule has 0 heterocycles. The van der Waals surface area contributed by atoms with E-state index in [1.54, 1.807) is 11.1 Å². The van der Waals surface area contributed by atoms with E-state index in [4.69, 9.17) is 5.73 Å². The predicted molar refractivity (Wildman–Crippen MR) is 91.1 cm³/mol. The molecule has 0 aromatic carbocycles. The van der Waals surface area contributed by atoms with Crippen LogP contribution >= 0.6 is 0 Å². The van der Waals surface area contributed by atoms with Gasteiger partial charge in [0.05, 0.1) is 0 Å². The van der Waals surface area contributed by atoms with Crippen LogP contribution in [0.2, 0.25) is 0 Å². The maximum absolute atomic E-state index is 12.2. The van der Waals surface area contributed by atoms with Crippen LogP contribution < -0.4 is 5.73 Å². The van der Waals surface area contributed by atoms with E-state index in [1.165, 1.54) is 19.3 Å². The third-order valence-corrected chi connectivity index (χ3v) is 7.14. The molecule has 3 rings (SSSR count). The smallest absolute Gasteiger partial charge is 0.223 e. The Balaban J connectivity index is 2.00. The van der Waals surface area contributed by atoms with Crippen LogP contribution in [0.5, 0.6) is 0 Å². The zero-order valence-corrected chi connectivity index (χ0v) is 14.6. The standard InChI is InChI=1S/C20H31NO/c1-13(2)14-6-8-16-15(12-14)7-9-17-19(16,3)10-5-11-20(17,4)18(21)22/h7,12-13,16-17H,5-6,8-11H2,1-4H3,(H2,21,22)/t16-,17?,19+,20+/m0/s1. The predicted octanol–water partition coefficient (Wildman–Crippen LogP) is 4.61. The van der Waals surface area contributed by atoms with Gasteiger partial charge in [-0.1, -0.05) is 51.8 Å². The molecular weight excluding hydrogens is 270 g/mol. The molecular formula is C20H31NO. The molecule has 3 aliphatic rings. The summed E-state index contributed by atoms with van der Waals surface area (Å²) in [6.45, 7) is 9.15. The maximum atomic E-state index is 12.2. The van der Waals surface area contributed by atoms with Crippen molar-refractivity contribution in [3.05, 3.63) is 23.3 Å². The normalized spacial score (nSPS) is 41.3. The molecule has 1 unspecified atom stereocenters. The fourth-order valence-corrected chi connectivity index (χ4v) is 5.64. The molecule has 3 aliphatic carbocycles. The lowest BCUT2D eigenvalue weighted by atomic mass is 9.46. The Bertz CT molecular complexity index is 544. The molecule has 22 heavy (non-hydrogen) atoms. The van der Waals surface area contributed by atoms with Crippen LogP contribution in [-0.4, -0.2) is 5.91 Å². The summed E-state index contributed by atoms with van der Waals surface area (Å²) in [4.78, 5) is 12.2. The maximum Gasteiger partial charge on any atom is 0.223 e. The first-order chi connectivity index (χ1) is 10.3. The number of nitrogens with two attached hydrogens (primary N) is 1. The zero-order valence-electron chi connectivity index (χ0n) is 14.6. The van der Waals surface area contributed by atoms with Gasteiger partial charge in [0.25, 0.3) is 0 Å². The van der Waals surface area contributed by atoms with Crippen LogP contribution in [0.25, 0.3) is 0 Å². The first-order valence-electron chi connectivity index (χ1n) is 8.99. The minimum absolute atomic E-state index is 0.0884. The van der Waals surface area contributed by atoms with Crippen molar-refractivity contribution in [2.45, 2.75) is 66.2 Å². The molecule has 0 aromatic heterocycles. The highest BCUT2D eigenvalue weighted by molar-refractivity contribution is 5.81. The van der Waals surface area contributed by atoms with Crippen LogP contribution in [0.3, 0.4) is 0 Å². The lowest BCUT2D eigenvalue weighted by Gasteiger charge is -2.57. The van der Waals surface area contributed by atoms with Crippen LogP contribution in [0.15, 0.2) is 23.3 Å². The van der Waals surface area contributed by atoms with Crippen LogP contribution in [-0.2, 0) is 4.79 Å². The fraction of sp³-hybridized carbons (Fsp3) is 0.750. The van der Waals surface area contributed by atoms with Crippen LogP contribution in [0.4, 0.5) is 0 Å². The van der Waals surface area contributed by atoms with Gasteiger partial charge in [-0.3, -0.25) is 4.79 Å². The molecule has 0 bridgehead atoms. The summed E-state index contributed by atoms with van der Waals surface area (Å²) in [5.41, 5.74) is 8.88. The fourth-order valence-electron chi connectivity index (χ4n) is 5.64. The van der Waals surface area contributed by atoms with Gasteiger partial charge in [-0.25, -0.2) is 0 Å². The van der Waals surface area contributed by atoms with Gasteiger partial charge >= 0.3 is 0 Å². The summed E-state index contributed by atoms with van der Waals surface area (Å²) >= 11 is 0. The molecule has 2 heteroatoms. The molecule has 1 fully saturated rings. The Morgan fingerprint density at radius 3 is 2.68 bits per heavy atom. The van der Waals surface area contributed by atoms with E-state index < -0.39 is 0 Å². The van der Waals surface area contributed by atoms with E-state index in [0.29, 0.717) is 17.8 Å². The highest BCUT2D eigenvalue weighted by Crippen LogP contribution is 2.61. The van der Waals surface area contributed by atoms with Gasteiger partial charge in [0.1, 0.15) is 0 Å². The summed E-state index contributed by atoms with van der Waals surface area (Å²) < 4.78 is 0. The number of carbonyl (C=O) groups is 1. The average Bonchev–Trinajstić information content (AvgIpc) is 2.46. The van der Waals surface area contributed by atoms with E-state index in [2.05, 4.69) is 39.8 Å². The van der Waals surface area contributed by atoms with Gasteiger partial charge in [0.2, 0.25) is 5.91 Å². The lowest BCUT2D eigenvalue weighted by molar-refractivity contribution is -0.140. The number of fused-ring (bicyclic) bond motifs is 3. The molecule has 0 aliphatic heterocycles. The molecule has 4 atom stereocenters. The molecule has 2 N–H and O–H groups in total. The molecule has 0 spiro atoms. The number of hydrogen-bond donors (Lipinski definition) is 1. The second kappa shape index (κ2) is 5.25. The highest BCUT2D eigenvalue weighted by Gasteiger charge is 2.56. The molecule has 0 radical (unpaired) electrons. The molecule has 1 saturated carbocycles. The van der Waals surface area contributed by atoms with Gasteiger partial charge in [-0.2, -0.15) is 0 Å². The number of hydrogen-bond acceptors (Lipinski definition) is 1. The minimum Gasteiger partial charge on any atom is -0.369 e. The van der Waals surface area contributed by atoms with Crippen molar-refractivity contribution >= 4 is 5.91 Å². The number of rotatable bonds is 2. The SMILES string of the molecule is CC(C)C1=CC2=CCC3[C@](C)(C(N)=O)CCC[C@]3(C)[C@H]2CC1. The topological polar surface area (TPSA) is 43.1 Å². The number of carbonyl (C=O) groups excluding carboxylic acids is 1. The third kappa shape index (κ3) is 2.18. The van der Waals surface area contributed by atoms with Gasteiger partial charge < -0.3 is 5.73 Å². The molecule has 0 aromatic rings. The summed E-state index contributed by atoms with van der Waals surface area (Å²) in [5.74, 6) is 1.59.